The fourth-order valence-electron chi connectivity index (χ4n) is 5.54. The van der Waals surface area contributed by atoms with E-state index in [-0.39, 0.29) is 52.5 Å². The first kappa shape index (κ1) is 29.5. The molecule has 6 N–H and O–H groups in total. The molecule has 1 aliphatic rings. The number of amides is 2. The van der Waals surface area contributed by atoms with Crippen LogP contribution in [0.5, 0.6) is 0 Å². The smallest absolute Gasteiger partial charge is 0.394 e. The topological polar surface area (TPSA) is 233 Å². The lowest BCUT2D eigenvalue weighted by atomic mass is 10.0. The molecule has 0 unspecified atom stereocenters. The average molecular weight is 654 g/mol. The number of rotatable bonds is 9. The minimum atomic E-state index is -0.703. The highest BCUT2D eigenvalue weighted by atomic mass is 32.1. The van der Waals surface area contributed by atoms with Gasteiger partial charge >= 0.3 is 10.6 Å². The van der Waals surface area contributed by atoms with Gasteiger partial charge in [0.2, 0.25) is 0 Å². The molecule has 236 valence electrons. The number of aromatic amines is 1. The molecule has 0 bridgehead atoms. The van der Waals surface area contributed by atoms with Crippen molar-refractivity contribution in [2.24, 2.45) is 0 Å². The van der Waals surface area contributed by atoms with Gasteiger partial charge in [-0.25, -0.2) is 14.2 Å². The van der Waals surface area contributed by atoms with Gasteiger partial charge in [-0.2, -0.15) is 0 Å². The molecule has 0 fully saturated rings. The van der Waals surface area contributed by atoms with Crippen molar-refractivity contribution in [3.63, 3.8) is 0 Å². The largest absolute Gasteiger partial charge is 0.439 e. The van der Waals surface area contributed by atoms with E-state index in [4.69, 9.17) is 22.5 Å². The van der Waals surface area contributed by atoms with Crippen LogP contribution in [0, 0.1) is 4.84 Å². The Morgan fingerprint density at radius 3 is 2.57 bits per heavy atom. The molecule has 0 saturated carbocycles. The Kier molecular flexibility index (Phi) is 7.28. The fraction of sp³-hybridized carbons (Fsp3) is 0.167. The van der Waals surface area contributed by atoms with Gasteiger partial charge in [0.25, 0.3) is 28.4 Å². The van der Waals surface area contributed by atoms with E-state index in [1.165, 1.54) is 10.5 Å². The summed E-state index contributed by atoms with van der Waals surface area (Å²) in [7, 11) is 0. The van der Waals surface area contributed by atoms with Gasteiger partial charge in [-0.3, -0.25) is 28.7 Å². The second kappa shape index (κ2) is 11.6. The predicted molar refractivity (Wildman–Crippen MR) is 168 cm³/mol. The molecular formula is C30H23N9O7S. The number of aryl methyl sites for hydroxylation is 1. The van der Waals surface area contributed by atoms with E-state index < -0.39 is 28.4 Å². The molecule has 0 radical (unpaired) electrons. The summed E-state index contributed by atoms with van der Waals surface area (Å²) in [5.41, 5.74) is 8.26. The van der Waals surface area contributed by atoms with Crippen LogP contribution in [-0.4, -0.2) is 36.5 Å². The van der Waals surface area contributed by atoms with Crippen LogP contribution in [0.2, 0.25) is 0 Å². The lowest BCUT2D eigenvalue weighted by Crippen LogP contribution is -2.36. The summed E-state index contributed by atoms with van der Waals surface area (Å²) in [6.45, 7) is 0.354. The van der Waals surface area contributed by atoms with Gasteiger partial charge in [-0.15, -0.1) is 0 Å². The Labute approximate surface area is 267 Å². The van der Waals surface area contributed by atoms with Gasteiger partial charge in [-0.1, -0.05) is 41.6 Å². The minimum absolute atomic E-state index is 0.00198. The van der Waals surface area contributed by atoms with E-state index >= 15 is 0 Å². The van der Waals surface area contributed by atoms with Crippen molar-refractivity contribution in [3.05, 3.63) is 118 Å². The summed E-state index contributed by atoms with van der Waals surface area (Å²) >= 11 is 5.21. The van der Waals surface area contributed by atoms with Gasteiger partial charge in [0, 0.05) is 18.7 Å². The number of hydrogen-bond acceptors (Lipinski definition) is 13. The molecule has 0 spiro atoms. The molecule has 0 saturated heterocycles. The minimum Gasteiger partial charge on any atom is -0.394 e. The number of hydrogen-bond donors (Lipinski definition) is 5. The number of anilines is 2. The monoisotopic (exact) mass is 653 g/mol. The maximum atomic E-state index is 13.4. The first-order chi connectivity index (χ1) is 22.7. The predicted octanol–water partition coefficient (Wildman–Crippen LogP) is 1.53. The number of aromatic nitrogens is 5. The van der Waals surface area contributed by atoms with Crippen LogP contribution in [0.1, 0.15) is 55.7 Å². The number of benzene rings is 2. The van der Waals surface area contributed by atoms with Crippen LogP contribution in [0.3, 0.4) is 0 Å². The number of carbonyl (C=O) groups is 2. The zero-order valence-electron chi connectivity index (χ0n) is 24.2. The summed E-state index contributed by atoms with van der Waals surface area (Å²) in [5.74, 6) is -1.48. The third kappa shape index (κ3) is 5.48. The molecule has 6 aromatic rings. The van der Waals surface area contributed by atoms with Gasteiger partial charge in [0.15, 0.2) is 5.82 Å². The van der Waals surface area contributed by atoms with Gasteiger partial charge in [0.05, 0.1) is 6.04 Å². The summed E-state index contributed by atoms with van der Waals surface area (Å²) in [4.78, 5) is 67.9. The molecule has 2 amide bonds. The number of carbonyl (C=O) groups excluding carboxylic acids is 2. The molecule has 1 aliphatic carbocycles. The second-order valence-corrected chi connectivity index (χ2v) is 11.2. The zero-order chi connectivity index (χ0) is 32.8. The first-order valence-corrected chi connectivity index (χ1v) is 14.7. The number of nitrogens with one attached hydrogen (secondary N) is 4. The Morgan fingerprint density at radius 1 is 1.00 bits per heavy atom. The molecule has 47 heavy (non-hydrogen) atoms. The molecule has 1 atom stereocenters. The van der Waals surface area contributed by atoms with Crippen LogP contribution in [0.15, 0.2) is 72.0 Å². The van der Waals surface area contributed by atoms with Crippen molar-refractivity contribution in [3.8, 4) is 11.4 Å². The van der Waals surface area contributed by atoms with Crippen LogP contribution in [-0.2, 0) is 19.5 Å². The Morgan fingerprint density at radius 2 is 1.81 bits per heavy atom. The normalized spacial score (nSPS) is 13.9. The Hall–Kier alpha value is -6.23. The highest BCUT2D eigenvalue weighted by Gasteiger charge is 2.27. The van der Waals surface area contributed by atoms with E-state index in [9.17, 15) is 24.0 Å². The first-order valence-electron chi connectivity index (χ1n) is 14.2. The summed E-state index contributed by atoms with van der Waals surface area (Å²) in [6.07, 6.45) is 1.30. The average Bonchev–Trinajstić information content (AvgIpc) is 3.81. The van der Waals surface area contributed by atoms with Gasteiger partial charge < -0.3 is 26.2 Å². The molecule has 7 rings (SSSR count). The number of nitrogens with two attached hydrogens (primary N) is 1. The van der Waals surface area contributed by atoms with Crippen molar-refractivity contribution in [2.45, 2.75) is 32.0 Å². The SMILES string of the molecule is Nc1c(NCc2cccc(CNC(=O)c3cc(C(=O)N[C@H]4CCc5cc(-c6noc(=O)[nH]6)ccc54)nc4noc(=S)n34)c2)c(=O)c1=O. The van der Waals surface area contributed by atoms with Crippen LogP contribution >= 0.6 is 12.2 Å². The molecule has 17 heteroatoms. The molecular weight excluding hydrogens is 630 g/mol. The van der Waals surface area contributed by atoms with Gasteiger partial charge in [0.1, 0.15) is 22.8 Å². The number of fused-ring (bicyclic) bond motifs is 2. The molecule has 16 nitrogen and oxygen atoms in total. The summed E-state index contributed by atoms with van der Waals surface area (Å²) in [6, 6.07) is 13.7. The highest BCUT2D eigenvalue weighted by molar-refractivity contribution is 7.71. The van der Waals surface area contributed by atoms with E-state index in [1.807, 2.05) is 24.3 Å². The van der Waals surface area contributed by atoms with Crippen molar-refractivity contribution in [2.75, 3.05) is 11.1 Å². The number of H-pyrrole nitrogens is 1. The molecule has 3 aromatic carbocycles. The van der Waals surface area contributed by atoms with Crippen molar-refractivity contribution in [1.29, 1.82) is 0 Å². The van der Waals surface area contributed by atoms with Crippen LogP contribution in [0.25, 0.3) is 17.2 Å². The van der Waals surface area contributed by atoms with E-state index in [0.717, 1.165) is 22.3 Å². The second-order valence-electron chi connectivity index (χ2n) is 10.8. The zero-order valence-corrected chi connectivity index (χ0v) is 25.0. The standard InChI is InChI=1S/C30H23N9O7S/c31-21-22(24(41)23(21)40)32-11-13-2-1-3-14(8-13)12-33-27(43)20-10-19(35-28-38-46-30(47)39(20)28)26(42)34-18-7-5-15-9-16(4-6-17(15)18)25-36-29(44)45-37-25/h1-4,6,8-10,18,32H,5,7,11-12,31H2,(H,33,43)(H,34,42)(H,36,37,44)/t18-/m0/s1. The fourth-order valence-corrected chi connectivity index (χ4v) is 5.75. The summed E-state index contributed by atoms with van der Waals surface area (Å²) in [5, 5.41) is 16.2. The Balaban J connectivity index is 1.06. The molecule has 3 aromatic heterocycles. The number of nitrogen functional groups attached to an aromatic ring is 1. The van der Waals surface area contributed by atoms with Crippen LogP contribution in [0.4, 0.5) is 11.4 Å². The van der Waals surface area contributed by atoms with Crippen molar-refractivity contribution >= 4 is 41.2 Å². The lowest BCUT2D eigenvalue weighted by molar-refractivity contribution is 0.0931. The van der Waals surface area contributed by atoms with Crippen molar-refractivity contribution in [1.82, 2.24) is 35.3 Å². The van der Waals surface area contributed by atoms with Gasteiger partial charge in [-0.05, 0) is 64.6 Å². The third-order valence-electron chi connectivity index (χ3n) is 7.89. The maximum absolute atomic E-state index is 13.4. The third-order valence-corrected chi connectivity index (χ3v) is 8.15. The molecule has 3 heterocycles. The quantitative estimate of drug-likeness (QED) is 0.110. The van der Waals surface area contributed by atoms with E-state index in [1.54, 1.807) is 18.2 Å². The lowest BCUT2D eigenvalue weighted by Gasteiger charge is -2.15. The van der Waals surface area contributed by atoms with Crippen LogP contribution < -0.4 is 38.3 Å². The maximum Gasteiger partial charge on any atom is 0.439 e. The van der Waals surface area contributed by atoms with E-state index in [2.05, 4.69) is 40.8 Å². The number of nitrogens with zero attached hydrogens (tertiary/aromatic N) is 4. The van der Waals surface area contributed by atoms with E-state index in [0.29, 0.717) is 24.2 Å². The highest BCUT2D eigenvalue weighted by Crippen LogP contribution is 2.33. The molecule has 0 aliphatic heterocycles. The summed E-state index contributed by atoms with van der Waals surface area (Å²) < 4.78 is 10.9. The van der Waals surface area contributed by atoms with Crippen molar-refractivity contribution < 1.29 is 18.6 Å². The Bertz CT molecular complexity index is 2420.